The van der Waals surface area contributed by atoms with E-state index >= 15 is 0 Å². The molecule has 2 aliphatic rings. The Morgan fingerprint density at radius 2 is 2.10 bits per heavy atom. The van der Waals surface area contributed by atoms with Crippen LogP contribution in [-0.4, -0.2) is 33.3 Å². The van der Waals surface area contributed by atoms with Gasteiger partial charge in [0.25, 0.3) is 0 Å². The molecule has 1 unspecified atom stereocenters. The first-order valence-electron chi connectivity index (χ1n) is 10.4. The number of pyridine rings is 1. The average molecular weight is 479 g/mol. The molecule has 0 bridgehead atoms. The number of benzene rings is 1. The second-order valence-electron chi connectivity index (χ2n) is 8.38. The van der Waals surface area contributed by atoms with Gasteiger partial charge in [-0.2, -0.15) is 0 Å². The van der Waals surface area contributed by atoms with Gasteiger partial charge in [-0.05, 0) is 49.6 Å². The van der Waals surface area contributed by atoms with Gasteiger partial charge in [0.1, 0.15) is 11.9 Å². The standard InChI is InChI=1S/C24H23BrN4O2/c1-24(10-11-24)20-14-27-23-18(7-9-21(30)31-2)28-22(17-5-3-4-12-26-17)16-13-15(25)6-8-19(16)29(20)23/h3-6,8,12-14,18H,7,9-11H2,1-2H3. The largest absolute Gasteiger partial charge is 0.469 e. The molecule has 2 aromatic heterocycles. The molecule has 1 aliphatic heterocycles. The summed E-state index contributed by atoms with van der Waals surface area (Å²) in [5.74, 6) is 0.619. The maximum absolute atomic E-state index is 11.9. The molecule has 1 saturated carbocycles. The first kappa shape index (κ1) is 20.1. The lowest BCUT2D eigenvalue weighted by atomic mass is 10.0. The molecule has 0 spiro atoms. The summed E-state index contributed by atoms with van der Waals surface area (Å²) < 4.78 is 8.12. The molecule has 3 aromatic rings. The third-order valence-electron chi connectivity index (χ3n) is 6.20. The Labute approximate surface area is 189 Å². The van der Waals surface area contributed by atoms with Crippen LogP contribution in [0.4, 0.5) is 0 Å². The van der Waals surface area contributed by atoms with E-state index in [4.69, 9.17) is 14.7 Å². The second-order valence-corrected chi connectivity index (χ2v) is 9.30. The molecule has 3 heterocycles. The van der Waals surface area contributed by atoms with E-state index in [0.29, 0.717) is 6.42 Å². The van der Waals surface area contributed by atoms with E-state index < -0.39 is 0 Å². The first-order valence-corrected chi connectivity index (χ1v) is 11.2. The third kappa shape index (κ3) is 3.61. The summed E-state index contributed by atoms with van der Waals surface area (Å²) in [6.07, 6.45) is 6.85. The Bertz CT molecular complexity index is 1180. The van der Waals surface area contributed by atoms with Crippen LogP contribution in [0.1, 0.15) is 61.4 Å². The van der Waals surface area contributed by atoms with Crippen LogP contribution in [-0.2, 0) is 14.9 Å². The lowest BCUT2D eigenvalue weighted by Gasteiger charge is -2.18. The van der Waals surface area contributed by atoms with Crippen molar-refractivity contribution < 1.29 is 9.53 Å². The van der Waals surface area contributed by atoms with Gasteiger partial charge < -0.3 is 4.74 Å². The van der Waals surface area contributed by atoms with Crippen LogP contribution in [0.5, 0.6) is 0 Å². The topological polar surface area (TPSA) is 69.4 Å². The van der Waals surface area contributed by atoms with E-state index in [0.717, 1.165) is 45.8 Å². The van der Waals surface area contributed by atoms with Gasteiger partial charge in [0.05, 0.1) is 24.2 Å². The summed E-state index contributed by atoms with van der Waals surface area (Å²) in [7, 11) is 1.42. The second kappa shape index (κ2) is 7.71. The normalized spacial score (nSPS) is 18.4. The Hall–Kier alpha value is -2.80. The average Bonchev–Trinajstić information content (AvgIpc) is 3.41. The summed E-state index contributed by atoms with van der Waals surface area (Å²) in [4.78, 5) is 26.5. The monoisotopic (exact) mass is 478 g/mol. The van der Waals surface area contributed by atoms with Crippen molar-refractivity contribution in [3.05, 3.63) is 76.0 Å². The minimum atomic E-state index is -0.279. The van der Waals surface area contributed by atoms with Crippen molar-refractivity contribution in [3.8, 4) is 5.69 Å². The summed E-state index contributed by atoms with van der Waals surface area (Å²) in [6, 6.07) is 11.8. The number of fused-ring (bicyclic) bond motifs is 3. The number of halogens is 1. The molecule has 0 saturated heterocycles. The quantitative estimate of drug-likeness (QED) is 0.487. The first-order chi connectivity index (χ1) is 15.0. The predicted molar refractivity (Wildman–Crippen MR) is 122 cm³/mol. The third-order valence-corrected chi connectivity index (χ3v) is 6.70. The smallest absolute Gasteiger partial charge is 0.305 e. The number of methoxy groups -OCH3 is 1. The lowest BCUT2D eigenvalue weighted by Crippen LogP contribution is -2.14. The number of rotatable bonds is 5. The highest BCUT2D eigenvalue weighted by Gasteiger charge is 2.44. The van der Waals surface area contributed by atoms with Crippen molar-refractivity contribution in [2.24, 2.45) is 4.99 Å². The number of ether oxygens (including phenoxy) is 1. The van der Waals surface area contributed by atoms with Crippen molar-refractivity contribution in [1.29, 1.82) is 0 Å². The highest BCUT2D eigenvalue weighted by Crippen LogP contribution is 2.49. The molecule has 0 radical (unpaired) electrons. The van der Waals surface area contributed by atoms with Crippen LogP contribution in [0.25, 0.3) is 5.69 Å². The molecular weight excluding hydrogens is 456 g/mol. The lowest BCUT2D eigenvalue weighted by molar-refractivity contribution is -0.140. The number of aromatic nitrogens is 3. The van der Waals surface area contributed by atoms with Gasteiger partial charge in [-0.25, -0.2) is 4.98 Å². The molecule has 6 nitrogen and oxygen atoms in total. The zero-order valence-corrected chi connectivity index (χ0v) is 19.1. The Balaban J connectivity index is 1.74. The fourth-order valence-corrected chi connectivity index (χ4v) is 4.52. The molecule has 158 valence electrons. The molecule has 31 heavy (non-hydrogen) atoms. The highest BCUT2D eigenvalue weighted by molar-refractivity contribution is 9.10. The van der Waals surface area contributed by atoms with Crippen molar-refractivity contribution in [2.75, 3.05) is 7.11 Å². The number of hydrogen-bond donors (Lipinski definition) is 0. The van der Waals surface area contributed by atoms with Gasteiger partial charge in [-0.3, -0.25) is 19.3 Å². The highest BCUT2D eigenvalue weighted by atomic mass is 79.9. The minimum Gasteiger partial charge on any atom is -0.469 e. The van der Waals surface area contributed by atoms with Crippen molar-refractivity contribution in [2.45, 2.75) is 44.1 Å². The molecule has 7 heteroatoms. The number of hydrogen-bond acceptors (Lipinski definition) is 5. The van der Waals surface area contributed by atoms with Gasteiger partial charge in [-0.1, -0.05) is 28.9 Å². The van der Waals surface area contributed by atoms with Crippen LogP contribution in [0.3, 0.4) is 0 Å². The van der Waals surface area contributed by atoms with Gasteiger partial charge in [0, 0.05) is 40.0 Å². The van der Waals surface area contributed by atoms with E-state index in [1.165, 1.54) is 12.8 Å². The van der Waals surface area contributed by atoms with Crippen LogP contribution in [0.15, 0.2) is 58.3 Å². The van der Waals surface area contributed by atoms with E-state index in [-0.39, 0.29) is 23.8 Å². The maximum atomic E-state index is 11.9. The molecule has 1 fully saturated rings. The van der Waals surface area contributed by atoms with E-state index in [1.807, 2.05) is 30.5 Å². The molecule has 1 aliphatic carbocycles. The van der Waals surface area contributed by atoms with Gasteiger partial charge in [0.2, 0.25) is 0 Å². The Morgan fingerprint density at radius 1 is 1.26 bits per heavy atom. The van der Waals surface area contributed by atoms with Crippen molar-refractivity contribution in [3.63, 3.8) is 0 Å². The van der Waals surface area contributed by atoms with Gasteiger partial charge in [-0.15, -0.1) is 0 Å². The summed E-state index contributed by atoms with van der Waals surface area (Å²) in [6.45, 7) is 2.28. The van der Waals surface area contributed by atoms with Crippen LogP contribution < -0.4 is 0 Å². The SMILES string of the molecule is COC(=O)CCC1N=C(c2ccccn2)c2cc(Br)ccc2-n2c(C3(C)CC3)cnc21. The van der Waals surface area contributed by atoms with Gasteiger partial charge >= 0.3 is 5.97 Å². The number of imidazole rings is 1. The minimum absolute atomic E-state index is 0.123. The van der Waals surface area contributed by atoms with Crippen molar-refractivity contribution >= 4 is 27.6 Å². The van der Waals surface area contributed by atoms with E-state index in [2.05, 4.69) is 44.5 Å². The molecule has 0 amide bonds. The van der Waals surface area contributed by atoms with Crippen molar-refractivity contribution in [1.82, 2.24) is 14.5 Å². The van der Waals surface area contributed by atoms with Crippen LogP contribution in [0.2, 0.25) is 0 Å². The fraction of sp³-hybridized carbons (Fsp3) is 0.333. The summed E-state index contributed by atoms with van der Waals surface area (Å²) in [5.41, 5.74) is 4.98. The van der Waals surface area contributed by atoms with E-state index in [1.54, 1.807) is 6.20 Å². The molecule has 1 atom stereocenters. The molecular formula is C24H23BrN4O2. The molecule has 1 aromatic carbocycles. The summed E-state index contributed by atoms with van der Waals surface area (Å²) in [5, 5.41) is 0. The zero-order valence-electron chi connectivity index (χ0n) is 17.5. The number of esters is 1. The maximum Gasteiger partial charge on any atom is 0.305 e. The summed E-state index contributed by atoms with van der Waals surface area (Å²) >= 11 is 3.63. The Kier molecular flexibility index (Phi) is 5.01. The zero-order chi connectivity index (χ0) is 21.6. The fourth-order valence-electron chi connectivity index (χ4n) is 4.16. The number of aliphatic imine (C=N–C) groups is 1. The molecule has 5 rings (SSSR count). The Morgan fingerprint density at radius 3 is 2.81 bits per heavy atom. The number of carbonyl (C=O) groups is 1. The van der Waals surface area contributed by atoms with E-state index in [9.17, 15) is 4.79 Å². The molecule has 0 N–H and O–H groups in total. The number of nitrogens with zero attached hydrogens (tertiary/aromatic N) is 4. The van der Waals surface area contributed by atoms with Crippen LogP contribution in [0, 0.1) is 0 Å². The van der Waals surface area contributed by atoms with Gasteiger partial charge in [0.15, 0.2) is 0 Å². The predicted octanol–water partition coefficient (Wildman–Crippen LogP) is 4.93. The van der Waals surface area contributed by atoms with Crippen LogP contribution >= 0.6 is 15.9 Å². The number of carbonyl (C=O) groups excluding carboxylic acids is 1.